The molecule has 116 valence electrons. The van der Waals surface area contributed by atoms with Crippen LogP contribution in [0.15, 0.2) is 55.4 Å². The second-order valence-electron chi connectivity index (χ2n) is 5.00. The highest BCUT2D eigenvalue weighted by Crippen LogP contribution is 2.29. The molecule has 2 atom stereocenters. The summed E-state index contributed by atoms with van der Waals surface area (Å²) in [5.74, 6) is 0.751. The molecule has 0 aliphatic carbocycles. The predicted octanol–water partition coefficient (Wildman–Crippen LogP) is 3.34. The molecule has 0 radical (unpaired) electrons. The van der Waals surface area contributed by atoms with Crippen molar-refractivity contribution in [1.82, 2.24) is 10.3 Å². The van der Waals surface area contributed by atoms with Crippen molar-refractivity contribution in [2.24, 2.45) is 0 Å². The number of allylic oxidation sites excluding steroid dienone is 2. The van der Waals surface area contributed by atoms with Crippen LogP contribution in [0.5, 0.6) is 5.75 Å². The first-order valence-electron chi connectivity index (χ1n) is 7.35. The Kier molecular flexibility index (Phi) is 5.55. The van der Waals surface area contributed by atoms with Crippen molar-refractivity contribution < 1.29 is 9.84 Å². The third-order valence-electron chi connectivity index (χ3n) is 3.66. The van der Waals surface area contributed by atoms with Gasteiger partial charge in [0, 0.05) is 11.6 Å². The number of hydrogen-bond acceptors (Lipinski definition) is 4. The minimum atomic E-state index is -0.642. The fourth-order valence-electron chi connectivity index (χ4n) is 2.43. The first kappa shape index (κ1) is 16.0. The SMILES string of the molecule is C=C/C=C/N[C@@H](CC)[C@H](O)c1ccnc2ccc(OC)cc12. The van der Waals surface area contributed by atoms with Gasteiger partial charge in [0.25, 0.3) is 0 Å². The van der Waals surface area contributed by atoms with Crippen LogP contribution in [-0.2, 0) is 0 Å². The molecule has 0 amide bonds. The van der Waals surface area contributed by atoms with Crippen molar-refractivity contribution in [2.75, 3.05) is 7.11 Å². The van der Waals surface area contributed by atoms with E-state index in [1.807, 2.05) is 37.3 Å². The molecule has 2 rings (SSSR count). The van der Waals surface area contributed by atoms with Crippen LogP contribution < -0.4 is 10.1 Å². The van der Waals surface area contributed by atoms with Gasteiger partial charge in [0.05, 0.1) is 24.8 Å². The second-order valence-corrected chi connectivity index (χ2v) is 5.00. The lowest BCUT2D eigenvalue weighted by atomic mass is 9.97. The summed E-state index contributed by atoms with van der Waals surface area (Å²) in [4.78, 5) is 4.35. The lowest BCUT2D eigenvalue weighted by Crippen LogP contribution is -2.30. The molecule has 0 saturated carbocycles. The van der Waals surface area contributed by atoms with Crippen LogP contribution in [0, 0.1) is 0 Å². The monoisotopic (exact) mass is 298 g/mol. The van der Waals surface area contributed by atoms with Crippen LogP contribution in [0.2, 0.25) is 0 Å². The molecule has 4 heteroatoms. The minimum absolute atomic E-state index is 0.0898. The number of hydrogen-bond donors (Lipinski definition) is 2. The van der Waals surface area contributed by atoms with Gasteiger partial charge >= 0.3 is 0 Å². The van der Waals surface area contributed by atoms with E-state index in [0.29, 0.717) is 0 Å². The zero-order valence-electron chi connectivity index (χ0n) is 13.0. The van der Waals surface area contributed by atoms with Gasteiger partial charge in [-0.1, -0.05) is 19.6 Å². The Hall–Kier alpha value is -2.33. The molecule has 0 spiro atoms. The zero-order chi connectivity index (χ0) is 15.9. The average molecular weight is 298 g/mol. The Morgan fingerprint density at radius 3 is 2.91 bits per heavy atom. The van der Waals surface area contributed by atoms with E-state index in [1.54, 1.807) is 25.6 Å². The maximum absolute atomic E-state index is 10.8. The molecule has 2 aromatic rings. The van der Waals surface area contributed by atoms with Gasteiger partial charge in [-0.3, -0.25) is 4.98 Å². The van der Waals surface area contributed by atoms with Crippen LogP contribution in [0.1, 0.15) is 25.0 Å². The average Bonchev–Trinajstić information content (AvgIpc) is 2.57. The van der Waals surface area contributed by atoms with E-state index in [1.165, 1.54) is 0 Å². The van der Waals surface area contributed by atoms with Gasteiger partial charge in [0.15, 0.2) is 0 Å². The van der Waals surface area contributed by atoms with Crippen molar-refractivity contribution >= 4 is 10.9 Å². The summed E-state index contributed by atoms with van der Waals surface area (Å²) in [5, 5.41) is 14.9. The van der Waals surface area contributed by atoms with E-state index >= 15 is 0 Å². The number of rotatable bonds is 7. The highest BCUT2D eigenvalue weighted by atomic mass is 16.5. The summed E-state index contributed by atoms with van der Waals surface area (Å²) in [7, 11) is 1.63. The summed E-state index contributed by atoms with van der Waals surface area (Å²) in [6, 6.07) is 7.44. The number of nitrogens with zero attached hydrogens (tertiary/aromatic N) is 1. The largest absolute Gasteiger partial charge is 0.497 e. The summed E-state index contributed by atoms with van der Waals surface area (Å²) in [5.41, 5.74) is 1.68. The molecule has 0 unspecified atom stereocenters. The smallest absolute Gasteiger partial charge is 0.119 e. The predicted molar refractivity (Wildman–Crippen MR) is 89.8 cm³/mol. The van der Waals surface area contributed by atoms with Crippen LogP contribution in [0.4, 0.5) is 0 Å². The molecule has 2 N–H and O–H groups in total. The summed E-state index contributed by atoms with van der Waals surface area (Å²) in [6.45, 7) is 5.67. The molecule has 0 aliphatic heterocycles. The topological polar surface area (TPSA) is 54.4 Å². The summed E-state index contributed by atoms with van der Waals surface area (Å²) in [6.07, 6.45) is 7.17. The van der Waals surface area contributed by atoms with Gasteiger partial charge in [-0.2, -0.15) is 0 Å². The third-order valence-corrected chi connectivity index (χ3v) is 3.66. The molecule has 0 fully saturated rings. The van der Waals surface area contributed by atoms with Crippen molar-refractivity contribution in [1.29, 1.82) is 0 Å². The number of aliphatic hydroxyl groups excluding tert-OH is 1. The van der Waals surface area contributed by atoms with Crippen molar-refractivity contribution in [2.45, 2.75) is 25.5 Å². The molecular weight excluding hydrogens is 276 g/mol. The number of fused-ring (bicyclic) bond motifs is 1. The van der Waals surface area contributed by atoms with E-state index in [0.717, 1.165) is 28.6 Å². The van der Waals surface area contributed by atoms with Gasteiger partial charge in [-0.25, -0.2) is 0 Å². The molecular formula is C18H22N2O2. The quantitative estimate of drug-likeness (QED) is 0.770. The van der Waals surface area contributed by atoms with Crippen LogP contribution in [-0.4, -0.2) is 23.2 Å². The van der Waals surface area contributed by atoms with Crippen molar-refractivity contribution in [3.63, 3.8) is 0 Å². The molecule has 1 aromatic carbocycles. The van der Waals surface area contributed by atoms with Gasteiger partial charge in [0.1, 0.15) is 5.75 Å². The number of aromatic nitrogens is 1. The summed E-state index contributed by atoms with van der Waals surface area (Å²) >= 11 is 0. The first-order valence-corrected chi connectivity index (χ1v) is 7.35. The number of ether oxygens (including phenoxy) is 1. The third kappa shape index (κ3) is 3.46. The maximum atomic E-state index is 10.8. The van der Waals surface area contributed by atoms with Crippen LogP contribution >= 0.6 is 0 Å². The first-order chi connectivity index (χ1) is 10.7. The Morgan fingerprint density at radius 2 is 2.23 bits per heavy atom. The van der Waals surface area contributed by atoms with Gasteiger partial charge in [-0.05, 0) is 48.5 Å². The fourth-order valence-corrected chi connectivity index (χ4v) is 2.43. The number of benzene rings is 1. The van der Waals surface area contributed by atoms with Gasteiger partial charge < -0.3 is 15.2 Å². The number of pyridine rings is 1. The standard InChI is InChI=1S/C18H22N2O2/c1-4-6-10-19-16(5-2)18(21)14-9-11-20-17-8-7-13(22-3)12-15(14)17/h4,6-12,16,18-19,21H,1,5H2,2-3H3/b10-6+/t16-,18+/m0/s1. The van der Waals surface area contributed by atoms with Gasteiger partial charge in [0.2, 0.25) is 0 Å². The lowest BCUT2D eigenvalue weighted by molar-refractivity contribution is 0.134. The Labute approximate surface area is 131 Å². The lowest BCUT2D eigenvalue weighted by Gasteiger charge is -2.23. The molecule has 1 heterocycles. The van der Waals surface area contributed by atoms with E-state index in [-0.39, 0.29) is 6.04 Å². The highest BCUT2D eigenvalue weighted by molar-refractivity contribution is 5.83. The molecule has 1 aromatic heterocycles. The number of nitrogens with one attached hydrogen (secondary N) is 1. The van der Waals surface area contributed by atoms with Crippen molar-refractivity contribution in [3.8, 4) is 5.75 Å². The van der Waals surface area contributed by atoms with E-state index in [2.05, 4.69) is 16.9 Å². The fraction of sp³-hybridized carbons (Fsp3) is 0.278. The Bertz CT molecular complexity index is 667. The summed E-state index contributed by atoms with van der Waals surface area (Å²) < 4.78 is 5.28. The van der Waals surface area contributed by atoms with Crippen LogP contribution in [0.3, 0.4) is 0 Å². The molecule has 0 bridgehead atoms. The highest BCUT2D eigenvalue weighted by Gasteiger charge is 2.20. The Morgan fingerprint density at radius 1 is 1.41 bits per heavy atom. The van der Waals surface area contributed by atoms with E-state index in [4.69, 9.17) is 4.74 Å². The van der Waals surface area contributed by atoms with Gasteiger partial charge in [-0.15, -0.1) is 0 Å². The normalized spacial score (nSPS) is 14.0. The maximum Gasteiger partial charge on any atom is 0.119 e. The van der Waals surface area contributed by atoms with E-state index < -0.39 is 6.10 Å². The molecule has 4 nitrogen and oxygen atoms in total. The van der Waals surface area contributed by atoms with Crippen LogP contribution in [0.25, 0.3) is 10.9 Å². The van der Waals surface area contributed by atoms with Crippen molar-refractivity contribution in [3.05, 3.63) is 61.0 Å². The molecule has 0 saturated heterocycles. The number of aliphatic hydroxyl groups is 1. The minimum Gasteiger partial charge on any atom is -0.497 e. The zero-order valence-corrected chi connectivity index (χ0v) is 13.0. The second kappa shape index (κ2) is 7.61. The van der Waals surface area contributed by atoms with E-state index in [9.17, 15) is 5.11 Å². The molecule has 22 heavy (non-hydrogen) atoms. The molecule has 0 aliphatic rings. The Balaban J connectivity index is 2.38. The number of methoxy groups -OCH3 is 1.